The molecular formula is C18H21NO2. The van der Waals surface area contributed by atoms with Crippen molar-refractivity contribution in [2.24, 2.45) is 0 Å². The number of ether oxygens (including phenoxy) is 1. The molecule has 0 aliphatic heterocycles. The lowest BCUT2D eigenvalue weighted by Gasteiger charge is -2.20. The Morgan fingerprint density at radius 2 is 1.81 bits per heavy atom. The smallest absolute Gasteiger partial charge is 0.258 e. The quantitative estimate of drug-likeness (QED) is 0.847. The fourth-order valence-electron chi connectivity index (χ4n) is 2.15. The van der Waals surface area contributed by atoms with Crippen molar-refractivity contribution >= 4 is 11.6 Å². The summed E-state index contributed by atoms with van der Waals surface area (Å²) in [5.41, 5.74) is 2.51. The lowest BCUT2D eigenvalue weighted by Crippen LogP contribution is -2.26. The second-order valence-electron chi connectivity index (χ2n) is 5.34. The Labute approximate surface area is 126 Å². The van der Waals surface area contributed by atoms with E-state index in [1.54, 1.807) is 11.9 Å². The zero-order valence-corrected chi connectivity index (χ0v) is 13.0. The van der Waals surface area contributed by atoms with Crippen LogP contribution in [0.15, 0.2) is 48.5 Å². The highest BCUT2D eigenvalue weighted by molar-refractivity contribution is 6.06. The number of amides is 1. The van der Waals surface area contributed by atoms with E-state index < -0.39 is 0 Å². The van der Waals surface area contributed by atoms with Gasteiger partial charge in [0.1, 0.15) is 5.75 Å². The van der Waals surface area contributed by atoms with Crippen LogP contribution in [0.2, 0.25) is 0 Å². The van der Waals surface area contributed by atoms with Gasteiger partial charge in [0.15, 0.2) is 0 Å². The first-order valence-corrected chi connectivity index (χ1v) is 7.09. The first kappa shape index (κ1) is 15.1. The second-order valence-corrected chi connectivity index (χ2v) is 5.34. The third kappa shape index (κ3) is 3.63. The third-order valence-corrected chi connectivity index (χ3v) is 3.26. The monoisotopic (exact) mass is 283 g/mol. The molecule has 0 atom stereocenters. The first-order valence-electron chi connectivity index (χ1n) is 7.09. The number of carbonyl (C=O) groups is 1. The van der Waals surface area contributed by atoms with Gasteiger partial charge in [0.2, 0.25) is 0 Å². The second kappa shape index (κ2) is 6.44. The van der Waals surface area contributed by atoms with E-state index in [0.29, 0.717) is 0 Å². The van der Waals surface area contributed by atoms with Gasteiger partial charge in [-0.1, -0.05) is 24.3 Å². The molecule has 0 aromatic heterocycles. The summed E-state index contributed by atoms with van der Waals surface area (Å²) in [4.78, 5) is 14.2. The average molecular weight is 283 g/mol. The minimum atomic E-state index is -0.0187. The summed E-state index contributed by atoms with van der Waals surface area (Å²) in [6.45, 7) is 5.91. The molecule has 0 aliphatic rings. The molecule has 110 valence electrons. The van der Waals surface area contributed by atoms with E-state index in [2.05, 4.69) is 0 Å². The van der Waals surface area contributed by atoms with Crippen LogP contribution in [0.25, 0.3) is 0 Å². The van der Waals surface area contributed by atoms with Crippen LogP contribution in [0, 0.1) is 6.92 Å². The molecule has 0 spiro atoms. The summed E-state index contributed by atoms with van der Waals surface area (Å²) in [5, 5.41) is 0. The van der Waals surface area contributed by atoms with Crippen LogP contribution in [-0.4, -0.2) is 19.1 Å². The van der Waals surface area contributed by atoms with Gasteiger partial charge < -0.3 is 9.64 Å². The number of hydrogen-bond acceptors (Lipinski definition) is 2. The van der Waals surface area contributed by atoms with Crippen molar-refractivity contribution < 1.29 is 9.53 Å². The van der Waals surface area contributed by atoms with Gasteiger partial charge >= 0.3 is 0 Å². The van der Waals surface area contributed by atoms with Crippen molar-refractivity contribution in [1.29, 1.82) is 0 Å². The number of carbonyl (C=O) groups excluding carboxylic acids is 1. The Morgan fingerprint density at radius 3 is 2.48 bits per heavy atom. The van der Waals surface area contributed by atoms with Crippen molar-refractivity contribution in [3.05, 3.63) is 59.7 Å². The molecule has 1 amide bonds. The molecule has 0 unspecified atom stereocenters. The largest absolute Gasteiger partial charge is 0.491 e. The number of benzene rings is 2. The zero-order chi connectivity index (χ0) is 15.4. The standard InChI is InChI=1S/C18H21NO2/c1-13(2)21-16-10-7-9-15(12-16)19(4)18(20)17-11-6-5-8-14(17)3/h5-13H,1-4H3. The van der Waals surface area contributed by atoms with Crippen molar-refractivity contribution in [1.82, 2.24) is 0 Å². The minimum absolute atomic E-state index is 0.0187. The highest BCUT2D eigenvalue weighted by Crippen LogP contribution is 2.23. The lowest BCUT2D eigenvalue weighted by atomic mass is 10.1. The predicted octanol–water partition coefficient (Wildman–Crippen LogP) is 4.06. The van der Waals surface area contributed by atoms with Crippen LogP contribution in [0.5, 0.6) is 5.75 Å². The molecule has 0 saturated carbocycles. The van der Waals surface area contributed by atoms with Gasteiger partial charge in [-0.25, -0.2) is 0 Å². The van der Waals surface area contributed by atoms with Crippen molar-refractivity contribution in [2.45, 2.75) is 26.9 Å². The molecule has 21 heavy (non-hydrogen) atoms. The average Bonchev–Trinajstić information content (AvgIpc) is 2.46. The molecule has 0 aliphatic carbocycles. The van der Waals surface area contributed by atoms with E-state index in [1.165, 1.54) is 0 Å². The van der Waals surface area contributed by atoms with Crippen LogP contribution >= 0.6 is 0 Å². The van der Waals surface area contributed by atoms with Gasteiger partial charge in [0.25, 0.3) is 5.91 Å². The van der Waals surface area contributed by atoms with Crippen molar-refractivity contribution in [3.63, 3.8) is 0 Å². The first-order chi connectivity index (χ1) is 9.99. The summed E-state index contributed by atoms with van der Waals surface area (Å²) < 4.78 is 5.68. The highest BCUT2D eigenvalue weighted by Gasteiger charge is 2.15. The molecule has 0 bridgehead atoms. The Hall–Kier alpha value is -2.29. The number of aryl methyl sites for hydroxylation is 1. The van der Waals surface area contributed by atoms with Crippen molar-refractivity contribution in [3.8, 4) is 5.75 Å². The molecule has 3 heteroatoms. The van der Waals surface area contributed by atoms with E-state index in [1.807, 2.05) is 69.3 Å². The number of rotatable bonds is 4. The Balaban J connectivity index is 2.25. The normalized spacial score (nSPS) is 10.5. The summed E-state index contributed by atoms with van der Waals surface area (Å²) in [6, 6.07) is 15.2. The van der Waals surface area contributed by atoms with Gasteiger partial charge in [0.05, 0.1) is 6.10 Å². The Kier molecular flexibility index (Phi) is 4.63. The van der Waals surface area contributed by atoms with E-state index >= 15 is 0 Å². The fraction of sp³-hybridized carbons (Fsp3) is 0.278. The summed E-state index contributed by atoms with van der Waals surface area (Å²) in [5.74, 6) is 0.752. The van der Waals surface area contributed by atoms with Gasteiger partial charge in [-0.15, -0.1) is 0 Å². The molecule has 0 heterocycles. The van der Waals surface area contributed by atoms with Gasteiger partial charge in [-0.05, 0) is 44.5 Å². The molecule has 0 N–H and O–H groups in total. The number of anilines is 1. The topological polar surface area (TPSA) is 29.5 Å². The maximum absolute atomic E-state index is 12.6. The molecular weight excluding hydrogens is 262 g/mol. The van der Waals surface area contributed by atoms with Crippen LogP contribution < -0.4 is 9.64 Å². The Bertz CT molecular complexity index is 635. The summed E-state index contributed by atoms with van der Waals surface area (Å²) in [7, 11) is 1.78. The van der Waals surface area contributed by atoms with Crippen LogP contribution in [0.4, 0.5) is 5.69 Å². The molecule has 2 aromatic rings. The minimum Gasteiger partial charge on any atom is -0.491 e. The van der Waals surface area contributed by atoms with Gasteiger partial charge in [-0.2, -0.15) is 0 Å². The number of hydrogen-bond donors (Lipinski definition) is 0. The zero-order valence-electron chi connectivity index (χ0n) is 13.0. The maximum atomic E-state index is 12.6. The molecule has 2 aromatic carbocycles. The fourth-order valence-corrected chi connectivity index (χ4v) is 2.15. The van der Waals surface area contributed by atoms with E-state index in [9.17, 15) is 4.79 Å². The van der Waals surface area contributed by atoms with Crippen LogP contribution in [0.3, 0.4) is 0 Å². The van der Waals surface area contributed by atoms with E-state index in [4.69, 9.17) is 4.74 Å². The van der Waals surface area contributed by atoms with Gasteiger partial charge in [0, 0.05) is 24.4 Å². The molecule has 3 nitrogen and oxygen atoms in total. The van der Waals surface area contributed by atoms with E-state index in [0.717, 1.165) is 22.6 Å². The number of nitrogens with zero attached hydrogens (tertiary/aromatic N) is 1. The van der Waals surface area contributed by atoms with Crippen molar-refractivity contribution in [2.75, 3.05) is 11.9 Å². The lowest BCUT2D eigenvalue weighted by molar-refractivity contribution is 0.0992. The maximum Gasteiger partial charge on any atom is 0.258 e. The van der Waals surface area contributed by atoms with Crippen LogP contribution in [-0.2, 0) is 0 Å². The molecule has 2 rings (SSSR count). The summed E-state index contributed by atoms with van der Waals surface area (Å²) >= 11 is 0. The SMILES string of the molecule is Cc1ccccc1C(=O)N(C)c1cccc(OC(C)C)c1. The predicted molar refractivity (Wildman–Crippen MR) is 86.1 cm³/mol. The molecule has 0 fully saturated rings. The molecule has 0 radical (unpaired) electrons. The van der Waals surface area contributed by atoms with E-state index in [-0.39, 0.29) is 12.0 Å². The highest BCUT2D eigenvalue weighted by atomic mass is 16.5. The molecule has 0 saturated heterocycles. The van der Waals surface area contributed by atoms with Crippen LogP contribution in [0.1, 0.15) is 29.8 Å². The van der Waals surface area contributed by atoms with Gasteiger partial charge in [-0.3, -0.25) is 4.79 Å². The summed E-state index contributed by atoms with van der Waals surface area (Å²) in [6.07, 6.45) is 0.109. The third-order valence-electron chi connectivity index (χ3n) is 3.26. The Morgan fingerprint density at radius 1 is 1.10 bits per heavy atom.